The minimum absolute atomic E-state index is 0.509. The van der Waals surface area contributed by atoms with Crippen LogP contribution in [0.5, 0.6) is 0 Å². The molecule has 1 aliphatic rings. The monoisotopic (exact) mass is 292 g/mol. The highest BCUT2D eigenvalue weighted by Gasteiger charge is 2.31. The Morgan fingerprint density at radius 1 is 1.18 bits per heavy atom. The van der Waals surface area contributed by atoms with Crippen LogP contribution in [0.15, 0.2) is 48.5 Å². The van der Waals surface area contributed by atoms with Gasteiger partial charge in [0.15, 0.2) is 0 Å². The molecule has 0 aromatic heterocycles. The number of rotatable bonds is 3. The van der Waals surface area contributed by atoms with Crippen LogP contribution < -0.4 is 0 Å². The molecule has 110 valence electrons. The molecule has 1 heterocycles. The second-order valence-electron chi connectivity index (χ2n) is 5.54. The van der Waals surface area contributed by atoms with Crippen LogP contribution in [0.1, 0.15) is 22.3 Å². The van der Waals surface area contributed by atoms with Crippen molar-refractivity contribution in [3.05, 3.63) is 70.8 Å². The van der Waals surface area contributed by atoms with Gasteiger partial charge in [-0.3, -0.25) is 9.69 Å². The zero-order valence-electron chi connectivity index (χ0n) is 12.1. The molecule has 4 heteroatoms. The smallest absolute Gasteiger partial charge is 0.321 e. The number of nitrogens with zero attached hydrogens (tertiary/aromatic N) is 2. The number of aliphatic carboxylic acids is 1. The van der Waals surface area contributed by atoms with Crippen molar-refractivity contribution in [3.63, 3.8) is 0 Å². The van der Waals surface area contributed by atoms with Gasteiger partial charge in [-0.05, 0) is 35.2 Å². The van der Waals surface area contributed by atoms with E-state index in [4.69, 9.17) is 5.26 Å². The minimum Gasteiger partial charge on any atom is -0.480 e. The fraction of sp³-hybridized carbons (Fsp3) is 0.222. The third-order valence-electron chi connectivity index (χ3n) is 4.10. The average Bonchev–Trinajstić information content (AvgIpc) is 2.54. The van der Waals surface area contributed by atoms with Crippen LogP contribution in [0, 0.1) is 11.3 Å². The standard InChI is InChI=1S/C18H16N2O2/c19-10-13-5-7-14(8-6-13)11-20-12-16-4-2-1-3-15(16)9-17(20)18(21)22/h1-8,17H,9,11-12H2,(H,21,22). The quantitative estimate of drug-likeness (QED) is 0.944. The molecule has 0 amide bonds. The lowest BCUT2D eigenvalue weighted by atomic mass is 9.93. The minimum atomic E-state index is -0.789. The van der Waals surface area contributed by atoms with Gasteiger partial charge in [0.1, 0.15) is 6.04 Å². The highest BCUT2D eigenvalue weighted by molar-refractivity contribution is 5.74. The summed E-state index contributed by atoms with van der Waals surface area (Å²) in [5.41, 5.74) is 3.94. The summed E-state index contributed by atoms with van der Waals surface area (Å²) in [5.74, 6) is -0.789. The number of benzene rings is 2. The van der Waals surface area contributed by atoms with E-state index in [-0.39, 0.29) is 0 Å². The summed E-state index contributed by atoms with van der Waals surface area (Å²) < 4.78 is 0. The van der Waals surface area contributed by atoms with Crippen LogP contribution in [-0.2, 0) is 24.3 Å². The molecular weight excluding hydrogens is 276 g/mol. The Hall–Kier alpha value is -2.64. The van der Waals surface area contributed by atoms with E-state index in [0.29, 0.717) is 25.1 Å². The van der Waals surface area contributed by atoms with Gasteiger partial charge in [-0.2, -0.15) is 5.26 Å². The number of hydrogen-bond acceptors (Lipinski definition) is 3. The average molecular weight is 292 g/mol. The lowest BCUT2D eigenvalue weighted by molar-refractivity contribution is -0.144. The summed E-state index contributed by atoms with van der Waals surface area (Å²) in [7, 11) is 0. The SMILES string of the molecule is N#Cc1ccc(CN2Cc3ccccc3CC2C(=O)O)cc1. The molecule has 0 saturated carbocycles. The molecule has 0 fully saturated rings. The van der Waals surface area contributed by atoms with Crippen molar-refractivity contribution < 1.29 is 9.90 Å². The van der Waals surface area contributed by atoms with Crippen LogP contribution in [0.2, 0.25) is 0 Å². The lowest BCUT2D eigenvalue weighted by Gasteiger charge is -2.34. The molecule has 1 atom stereocenters. The van der Waals surface area contributed by atoms with Crippen LogP contribution in [0.3, 0.4) is 0 Å². The summed E-state index contributed by atoms with van der Waals surface area (Å²) in [6, 6.07) is 16.9. The van der Waals surface area contributed by atoms with Crippen molar-refractivity contribution in [2.75, 3.05) is 0 Å². The number of hydrogen-bond donors (Lipinski definition) is 1. The van der Waals surface area contributed by atoms with Crippen LogP contribution in [0.25, 0.3) is 0 Å². The highest BCUT2D eigenvalue weighted by atomic mass is 16.4. The summed E-state index contributed by atoms with van der Waals surface area (Å²) in [6.07, 6.45) is 0.530. The van der Waals surface area contributed by atoms with Gasteiger partial charge in [-0.15, -0.1) is 0 Å². The number of fused-ring (bicyclic) bond motifs is 1. The Morgan fingerprint density at radius 3 is 2.50 bits per heavy atom. The fourth-order valence-electron chi connectivity index (χ4n) is 2.91. The van der Waals surface area contributed by atoms with E-state index < -0.39 is 12.0 Å². The van der Waals surface area contributed by atoms with Crippen molar-refractivity contribution in [2.45, 2.75) is 25.6 Å². The summed E-state index contributed by atoms with van der Waals surface area (Å²) in [5, 5.41) is 18.3. The molecule has 1 N–H and O–H groups in total. The lowest BCUT2D eigenvalue weighted by Crippen LogP contribution is -2.44. The summed E-state index contributed by atoms with van der Waals surface area (Å²) in [4.78, 5) is 13.6. The van der Waals surface area contributed by atoms with Gasteiger partial charge in [0.05, 0.1) is 11.6 Å². The molecular formula is C18H16N2O2. The molecule has 1 unspecified atom stereocenters. The fourth-order valence-corrected chi connectivity index (χ4v) is 2.91. The van der Waals surface area contributed by atoms with E-state index in [9.17, 15) is 9.90 Å². The van der Waals surface area contributed by atoms with Crippen LogP contribution >= 0.6 is 0 Å². The Kier molecular flexibility index (Phi) is 3.90. The molecule has 2 aromatic carbocycles. The predicted molar refractivity (Wildman–Crippen MR) is 82.0 cm³/mol. The van der Waals surface area contributed by atoms with Gasteiger partial charge in [0.2, 0.25) is 0 Å². The first-order valence-corrected chi connectivity index (χ1v) is 7.20. The third kappa shape index (κ3) is 2.85. The highest BCUT2D eigenvalue weighted by Crippen LogP contribution is 2.25. The maximum absolute atomic E-state index is 11.6. The Balaban J connectivity index is 1.84. The Morgan fingerprint density at radius 2 is 1.86 bits per heavy atom. The van der Waals surface area contributed by atoms with E-state index in [1.807, 2.05) is 35.2 Å². The molecule has 22 heavy (non-hydrogen) atoms. The van der Waals surface area contributed by atoms with Crippen molar-refractivity contribution in [2.24, 2.45) is 0 Å². The zero-order chi connectivity index (χ0) is 15.5. The summed E-state index contributed by atoms with van der Waals surface area (Å²) >= 11 is 0. The molecule has 0 radical (unpaired) electrons. The number of carboxylic acid groups (broad SMARTS) is 1. The largest absolute Gasteiger partial charge is 0.480 e. The van der Waals surface area contributed by atoms with Crippen molar-refractivity contribution in [3.8, 4) is 6.07 Å². The number of carboxylic acids is 1. The van der Waals surface area contributed by atoms with Crippen LogP contribution in [-0.4, -0.2) is 22.0 Å². The molecule has 2 aromatic rings. The van der Waals surface area contributed by atoms with Gasteiger partial charge >= 0.3 is 5.97 Å². The third-order valence-corrected chi connectivity index (χ3v) is 4.10. The second-order valence-corrected chi connectivity index (χ2v) is 5.54. The Labute approximate surface area is 129 Å². The summed E-state index contributed by atoms with van der Waals surface area (Å²) in [6.45, 7) is 1.20. The first-order chi connectivity index (χ1) is 10.7. The molecule has 0 bridgehead atoms. The van der Waals surface area contributed by atoms with Gasteiger partial charge in [0, 0.05) is 13.1 Å². The van der Waals surface area contributed by atoms with Crippen LogP contribution in [0.4, 0.5) is 0 Å². The molecule has 4 nitrogen and oxygen atoms in total. The predicted octanol–water partition coefficient (Wildman–Crippen LogP) is 2.57. The zero-order valence-corrected chi connectivity index (χ0v) is 12.1. The first kappa shape index (κ1) is 14.3. The maximum atomic E-state index is 11.6. The normalized spacial score (nSPS) is 17.5. The topological polar surface area (TPSA) is 64.3 Å². The first-order valence-electron chi connectivity index (χ1n) is 7.20. The van der Waals surface area contributed by atoms with Crippen molar-refractivity contribution in [1.29, 1.82) is 5.26 Å². The van der Waals surface area contributed by atoms with Gasteiger partial charge in [0.25, 0.3) is 0 Å². The van der Waals surface area contributed by atoms with E-state index in [1.54, 1.807) is 12.1 Å². The molecule has 0 aliphatic carbocycles. The molecule has 3 rings (SSSR count). The second kappa shape index (κ2) is 6.00. The maximum Gasteiger partial charge on any atom is 0.321 e. The van der Waals surface area contributed by atoms with Crippen molar-refractivity contribution in [1.82, 2.24) is 4.90 Å². The van der Waals surface area contributed by atoms with Gasteiger partial charge in [-0.1, -0.05) is 36.4 Å². The van der Waals surface area contributed by atoms with Gasteiger partial charge in [-0.25, -0.2) is 0 Å². The molecule has 0 saturated heterocycles. The van der Waals surface area contributed by atoms with Gasteiger partial charge < -0.3 is 5.11 Å². The van der Waals surface area contributed by atoms with E-state index in [0.717, 1.165) is 11.1 Å². The van der Waals surface area contributed by atoms with E-state index >= 15 is 0 Å². The number of carbonyl (C=O) groups is 1. The van der Waals surface area contributed by atoms with E-state index in [2.05, 4.69) is 12.1 Å². The molecule has 0 spiro atoms. The molecule has 1 aliphatic heterocycles. The van der Waals surface area contributed by atoms with E-state index in [1.165, 1.54) is 5.56 Å². The Bertz CT molecular complexity index is 731. The number of nitriles is 1. The van der Waals surface area contributed by atoms with Crippen molar-refractivity contribution >= 4 is 5.97 Å².